The normalized spacial score (nSPS) is 21.8. The van der Waals surface area contributed by atoms with Crippen molar-refractivity contribution >= 4 is 39.9 Å². The van der Waals surface area contributed by atoms with Gasteiger partial charge in [-0.3, -0.25) is 4.79 Å². The molecular weight excluding hydrogens is 344 g/mol. The van der Waals surface area contributed by atoms with Crippen molar-refractivity contribution in [3.63, 3.8) is 0 Å². The number of hydrogen-bond acceptors (Lipinski definition) is 3. The number of benzene rings is 1. The molecule has 1 fully saturated rings. The smallest absolute Gasteiger partial charge is 0.227 e. The monoisotopic (exact) mass is 362 g/mol. The molecule has 112 valence electrons. The number of anilines is 1. The minimum absolute atomic E-state index is 0. The minimum Gasteiger partial charge on any atom is -0.495 e. The molecule has 0 radical (unpaired) electrons. The van der Waals surface area contributed by atoms with E-state index >= 15 is 0 Å². The third-order valence-electron chi connectivity index (χ3n) is 3.50. The number of carbonyl (C=O) groups excluding carboxylic acids is 1. The van der Waals surface area contributed by atoms with Crippen LogP contribution in [0.15, 0.2) is 22.7 Å². The fraction of sp³-hybridized carbons (Fsp3) is 0.500. The highest BCUT2D eigenvalue weighted by Gasteiger charge is 2.25. The van der Waals surface area contributed by atoms with Crippen LogP contribution in [0.2, 0.25) is 0 Å². The molecule has 1 aromatic rings. The molecule has 1 amide bonds. The van der Waals surface area contributed by atoms with Gasteiger partial charge in [0.2, 0.25) is 5.91 Å². The molecule has 0 aromatic heterocycles. The van der Waals surface area contributed by atoms with Gasteiger partial charge in [0.05, 0.1) is 11.6 Å². The van der Waals surface area contributed by atoms with Crippen LogP contribution in [0.25, 0.3) is 0 Å². The first-order valence-electron chi connectivity index (χ1n) is 6.50. The summed E-state index contributed by atoms with van der Waals surface area (Å²) in [7, 11) is 1.60. The highest BCUT2D eigenvalue weighted by Crippen LogP contribution is 2.29. The van der Waals surface area contributed by atoms with Gasteiger partial charge in [0.1, 0.15) is 5.75 Å². The minimum atomic E-state index is 0. The molecule has 1 saturated carbocycles. The van der Waals surface area contributed by atoms with Gasteiger partial charge in [-0.1, -0.05) is 6.42 Å². The second kappa shape index (κ2) is 7.86. The van der Waals surface area contributed by atoms with Crippen LogP contribution < -0.4 is 15.8 Å². The standard InChI is InChI=1S/C14H19BrN2O2.ClH/c1-19-13-8-11(5-6-12(13)15)17-14(18)9-3-2-4-10(16)7-9;/h5-6,8-10H,2-4,7,16H2,1H3,(H,17,18);1H. The van der Waals surface area contributed by atoms with Gasteiger partial charge < -0.3 is 15.8 Å². The maximum atomic E-state index is 12.2. The molecule has 2 atom stereocenters. The van der Waals surface area contributed by atoms with Gasteiger partial charge in [-0.25, -0.2) is 0 Å². The molecule has 0 spiro atoms. The van der Waals surface area contributed by atoms with Crippen LogP contribution in [0.1, 0.15) is 25.7 Å². The van der Waals surface area contributed by atoms with Gasteiger partial charge in [-0.05, 0) is 47.3 Å². The van der Waals surface area contributed by atoms with Crippen LogP contribution in [-0.2, 0) is 4.79 Å². The molecule has 0 heterocycles. The number of rotatable bonds is 3. The van der Waals surface area contributed by atoms with Crippen molar-refractivity contribution < 1.29 is 9.53 Å². The topological polar surface area (TPSA) is 64.3 Å². The zero-order valence-electron chi connectivity index (χ0n) is 11.4. The van der Waals surface area contributed by atoms with Crippen LogP contribution >= 0.6 is 28.3 Å². The van der Waals surface area contributed by atoms with Crippen LogP contribution in [0.4, 0.5) is 5.69 Å². The number of amides is 1. The number of carbonyl (C=O) groups is 1. The summed E-state index contributed by atoms with van der Waals surface area (Å²) in [4.78, 5) is 12.2. The second-order valence-electron chi connectivity index (χ2n) is 4.96. The average molecular weight is 364 g/mol. The molecular formula is C14H20BrClN2O2. The van der Waals surface area contributed by atoms with E-state index < -0.39 is 0 Å². The van der Waals surface area contributed by atoms with Crippen LogP contribution in [-0.4, -0.2) is 19.1 Å². The van der Waals surface area contributed by atoms with Crippen LogP contribution in [0.5, 0.6) is 5.75 Å². The summed E-state index contributed by atoms with van der Waals surface area (Å²) >= 11 is 3.39. The Bertz CT molecular complexity index is 470. The zero-order chi connectivity index (χ0) is 13.8. The third kappa shape index (κ3) is 4.36. The highest BCUT2D eigenvalue weighted by atomic mass is 79.9. The summed E-state index contributed by atoms with van der Waals surface area (Å²) in [6.45, 7) is 0. The largest absolute Gasteiger partial charge is 0.495 e. The lowest BCUT2D eigenvalue weighted by molar-refractivity contribution is -0.120. The van der Waals surface area contributed by atoms with Crippen molar-refractivity contribution in [2.45, 2.75) is 31.7 Å². The van der Waals surface area contributed by atoms with Gasteiger partial charge in [0.15, 0.2) is 0 Å². The fourth-order valence-corrected chi connectivity index (χ4v) is 2.86. The Balaban J connectivity index is 0.00000200. The zero-order valence-corrected chi connectivity index (χ0v) is 13.8. The first-order chi connectivity index (χ1) is 9.10. The predicted molar refractivity (Wildman–Crippen MR) is 86.5 cm³/mol. The van der Waals surface area contributed by atoms with Crippen LogP contribution in [0.3, 0.4) is 0 Å². The van der Waals surface area contributed by atoms with Gasteiger partial charge in [-0.2, -0.15) is 0 Å². The maximum absolute atomic E-state index is 12.2. The van der Waals surface area contributed by atoms with Gasteiger partial charge in [0.25, 0.3) is 0 Å². The van der Waals surface area contributed by atoms with E-state index in [4.69, 9.17) is 10.5 Å². The van der Waals surface area contributed by atoms with Crippen molar-refractivity contribution in [2.75, 3.05) is 12.4 Å². The summed E-state index contributed by atoms with van der Waals surface area (Å²) < 4.78 is 6.08. The predicted octanol–water partition coefficient (Wildman–Crippen LogP) is 3.34. The van der Waals surface area contributed by atoms with Crippen molar-refractivity contribution in [3.05, 3.63) is 22.7 Å². The number of nitrogens with one attached hydrogen (secondary N) is 1. The molecule has 2 rings (SSSR count). The molecule has 1 aromatic carbocycles. The molecule has 0 saturated heterocycles. The van der Waals surface area contributed by atoms with E-state index in [-0.39, 0.29) is 30.3 Å². The van der Waals surface area contributed by atoms with E-state index in [2.05, 4.69) is 21.2 Å². The Morgan fingerprint density at radius 2 is 2.20 bits per heavy atom. The fourth-order valence-electron chi connectivity index (χ4n) is 2.45. The Morgan fingerprint density at radius 1 is 1.45 bits per heavy atom. The van der Waals surface area contributed by atoms with Crippen molar-refractivity contribution in [1.82, 2.24) is 0 Å². The molecule has 2 unspecified atom stereocenters. The molecule has 0 aliphatic heterocycles. The van der Waals surface area contributed by atoms with Crippen molar-refractivity contribution in [2.24, 2.45) is 11.7 Å². The van der Waals surface area contributed by atoms with Crippen LogP contribution in [0, 0.1) is 5.92 Å². The SMILES string of the molecule is COc1cc(NC(=O)C2CCCC(N)C2)ccc1Br.Cl. The summed E-state index contributed by atoms with van der Waals surface area (Å²) in [5.74, 6) is 0.788. The summed E-state index contributed by atoms with van der Waals surface area (Å²) in [6, 6.07) is 5.68. The quantitative estimate of drug-likeness (QED) is 0.865. The molecule has 3 N–H and O–H groups in total. The molecule has 20 heavy (non-hydrogen) atoms. The lowest BCUT2D eigenvalue weighted by Gasteiger charge is -2.25. The average Bonchev–Trinajstić information content (AvgIpc) is 2.41. The second-order valence-corrected chi connectivity index (χ2v) is 5.82. The number of nitrogens with two attached hydrogens (primary N) is 1. The van der Waals surface area contributed by atoms with E-state index in [9.17, 15) is 4.79 Å². The van der Waals surface area contributed by atoms with E-state index in [1.54, 1.807) is 7.11 Å². The van der Waals surface area contributed by atoms with E-state index in [0.717, 1.165) is 35.8 Å². The number of halogens is 2. The highest BCUT2D eigenvalue weighted by molar-refractivity contribution is 9.10. The molecule has 1 aliphatic carbocycles. The Morgan fingerprint density at radius 3 is 2.85 bits per heavy atom. The Labute approximate surface area is 134 Å². The summed E-state index contributed by atoms with van der Waals surface area (Å²) in [5, 5.41) is 2.94. The number of methoxy groups -OCH3 is 1. The molecule has 6 heteroatoms. The first kappa shape index (κ1) is 17.3. The first-order valence-corrected chi connectivity index (χ1v) is 7.29. The van der Waals surface area contributed by atoms with E-state index in [1.807, 2.05) is 18.2 Å². The molecule has 1 aliphatic rings. The summed E-state index contributed by atoms with van der Waals surface area (Å²) in [5.41, 5.74) is 6.67. The third-order valence-corrected chi connectivity index (χ3v) is 4.16. The Hall–Kier alpha value is -0.780. The summed E-state index contributed by atoms with van der Waals surface area (Å²) in [6.07, 6.45) is 3.76. The lowest BCUT2D eigenvalue weighted by Crippen LogP contribution is -2.34. The number of hydrogen-bond donors (Lipinski definition) is 2. The van der Waals surface area contributed by atoms with Gasteiger partial charge >= 0.3 is 0 Å². The molecule has 4 nitrogen and oxygen atoms in total. The van der Waals surface area contributed by atoms with Gasteiger partial charge in [0, 0.05) is 23.7 Å². The molecule has 0 bridgehead atoms. The maximum Gasteiger partial charge on any atom is 0.227 e. The Kier molecular flexibility index (Phi) is 6.79. The van der Waals surface area contributed by atoms with Crippen molar-refractivity contribution in [3.8, 4) is 5.75 Å². The number of ether oxygens (including phenoxy) is 1. The van der Waals surface area contributed by atoms with Crippen molar-refractivity contribution in [1.29, 1.82) is 0 Å². The van der Waals surface area contributed by atoms with E-state index in [0.29, 0.717) is 5.75 Å². The van der Waals surface area contributed by atoms with Gasteiger partial charge in [-0.15, -0.1) is 12.4 Å². The lowest BCUT2D eigenvalue weighted by atomic mass is 9.85. The van der Waals surface area contributed by atoms with E-state index in [1.165, 1.54) is 0 Å².